The fourth-order valence-electron chi connectivity index (χ4n) is 4.37. The maximum absolute atomic E-state index is 13.0. The summed E-state index contributed by atoms with van der Waals surface area (Å²) in [7, 11) is 0. The van der Waals surface area contributed by atoms with Gasteiger partial charge in [-0.25, -0.2) is 4.79 Å². The Morgan fingerprint density at radius 1 is 1.21 bits per heavy atom. The quantitative estimate of drug-likeness (QED) is 0.779. The summed E-state index contributed by atoms with van der Waals surface area (Å²) < 4.78 is 5.70. The predicted molar refractivity (Wildman–Crippen MR) is 106 cm³/mol. The molecule has 4 rings (SSSR count). The zero-order chi connectivity index (χ0) is 19.7. The van der Waals surface area contributed by atoms with Crippen LogP contribution in [-0.2, 0) is 4.79 Å². The Kier molecular flexibility index (Phi) is 4.98. The van der Waals surface area contributed by atoms with Crippen LogP contribution in [0.1, 0.15) is 32.6 Å². The van der Waals surface area contributed by atoms with Crippen molar-refractivity contribution < 1.29 is 19.4 Å². The summed E-state index contributed by atoms with van der Waals surface area (Å²) >= 11 is 0. The van der Waals surface area contributed by atoms with Crippen molar-refractivity contribution in [1.82, 2.24) is 10.2 Å². The Labute approximate surface area is 164 Å². The second kappa shape index (κ2) is 7.43. The zero-order valence-corrected chi connectivity index (χ0v) is 16.1. The molecule has 6 nitrogen and oxygen atoms in total. The van der Waals surface area contributed by atoms with Crippen molar-refractivity contribution in [2.45, 2.75) is 44.2 Å². The average Bonchev–Trinajstić information content (AvgIpc) is 2.93. The normalized spacial score (nSPS) is 25.9. The van der Waals surface area contributed by atoms with Gasteiger partial charge in [-0.2, -0.15) is 0 Å². The molecule has 0 radical (unpaired) electrons. The smallest absolute Gasteiger partial charge is 0.325 e. The van der Waals surface area contributed by atoms with Crippen molar-refractivity contribution in [1.29, 1.82) is 0 Å². The highest BCUT2D eigenvalue weighted by atomic mass is 16.5. The number of aliphatic hydroxyl groups is 1. The van der Waals surface area contributed by atoms with Crippen molar-refractivity contribution in [2.24, 2.45) is 5.92 Å². The highest BCUT2D eigenvalue weighted by Gasteiger charge is 2.54. The maximum atomic E-state index is 13.0. The zero-order valence-electron chi connectivity index (χ0n) is 16.1. The molecule has 1 spiro atoms. The number of fused-ring (bicyclic) bond motifs is 1. The lowest BCUT2D eigenvalue weighted by Crippen LogP contribution is -2.54. The lowest BCUT2D eigenvalue weighted by Gasteiger charge is -2.36. The molecule has 148 valence electrons. The monoisotopic (exact) mass is 382 g/mol. The minimum Gasteiger partial charge on any atom is -0.491 e. The third kappa shape index (κ3) is 3.33. The number of amides is 3. The van der Waals surface area contributed by atoms with Crippen LogP contribution in [0.4, 0.5) is 4.79 Å². The van der Waals surface area contributed by atoms with Crippen LogP contribution in [0.5, 0.6) is 5.75 Å². The molecule has 2 aliphatic rings. The summed E-state index contributed by atoms with van der Waals surface area (Å²) in [5, 5.41) is 15.4. The molecule has 3 unspecified atom stereocenters. The van der Waals surface area contributed by atoms with E-state index in [1.807, 2.05) is 49.4 Å². The summed E-state index contributed by atoms with van der Waals surface area (Å²) in [5.74, 6) is 0.537. The number of rotatable bonds is 5. The lowest BCUT2D eigenvalue weighted by molar-refractivity contribution is -0.135. The molecular weight excluding hydrogens is 356 g/mol. The van der Waals surface area contributed by atoms with Crippen molar-refractivity contribution in [3.05, 3.63) is 42.5 Å². The molecule has 2 aromatic carbocycles. The van der Waals surface area contributed by atoms with E-state index in [9.17, 15) is 14.7 Å². The molecule has 1 saturated carbocycles. The fourth-order valence-corrected chi connectivity index (χ4v) is 4.37. The van der Waals surface area contributed by atoms with Gasteiger partial charge in [0.25, 0.3) is 5.91 Å². The number of carbonyl (C=O) groups is 2. The van der Waals surface area contributed by atoms with E-state index in [1.165, 1.54) is 0 Å². The van der Waals surface area contributed by atoms with Crippen molar-refractivity contribution >= 4 is 22.7 Å². The second-order valence-corrected chi connectivity index (χ2v) is 7.94. The number of nitrogens with zero attached hydrogens (tertiary/aromatic N) is 1. The first-order valence-electron chi connectivity index (χ1n) is 9.93. The summed E-state index contributed by atoms with van der Waals surface area (Å²) in [5.41, 5.74) is -0.797. The van der Waals surface area contributed by atoms with Gasteiger partial charge in [0.15, 0.2) is 0 Å². The number of β-amino-alcohol motifs (C(OH)–C–C–N with tert-alkyl or cyclic N) is 1. The van der Waals surface area contributed by atoms with Crippen molar-refractivity contribution in [3.8, 4) is 5.75 Å². The Morgan fingerprint density at radius 2 is 2.00 bits per heavy atom. The van der Waals surface area contributed by atoms with Crippen LogP contribution in [0.2, 0.25) is 0 Å². The van der Waals surface area contributed by atoms with Crippen LogP contribution < -0.4 is 10.1 Å². The van der Waals surface area contributed by atoms with E-state index in [2.05, 4.69) is 5.32 Å². The summed E-state index contributed by atoms with van der Waals surface area (Å²) in [6.45, 7) is 1.96. The number of carbonyl (C=O) groups excluding carboxylic acids is 2. The Balaban J connectivity index is 1.38. The standard InChI is InChI=1S/C22H26N2O4/c1-15-6-4-5-11-22(15)20(26)24(21(27)23-22)13-18(25)14-28-19-10-9-16-7-2-3-8-17(16)12-19/h2-3,7-10,12,15,18,25H,4-6,11,13-14H2,1H3,(H,23,27). The lowest BCUT2D eigenvalue weighted by atomic mass is 9.73. The molecule has 1 aliphatic heterocycles. The van der Waals surface area contributed by atoms with Gasteiger partial charge in [0.05, 0.1) is 6.54 Å². The molecule has 0 bridgehead atoms. The van der Waals surface area contributed by atoms with E-state index < -0.39 is 17.7 Å². The number of imide groups is 1. The van der Waals surface area contributed by atoms with Gasteiger partial charge in [0, 0.05) is 0 Å². The van der Waals surface area contributed by atoms with Crippen LogP contribution >= 0.6 is 0 Å². The van der Waals surface area contributed by atoms with Crippen LogP contribution in [0.25, 0.3) is 10.8 Å². The van der Waals surface area contributed by atoms with Gasteiger partial charge in [0.2, 0.25) is 0 Å². The molecule has 1 saturated heterocycles. The molecule has 1 heterocycles. The molecule has 6 heteroatoms. The van der Waals surface area contributed by atoms with E-state index in [0.29, 0.717) is 12.2 Å². The van der Waals surface area contributed by atoms with Gasteiger partial charge in [0.1, 0.15) is 24.0 Å². The predicted octanol–water partition coefficient (Wildman–Crippen LogP) is 3.08. The number of hydrogen-bond donors (Lipinski definition) is 2. The molecule has 1 aliphatic carbocycles. The number of ether oxygens (including phenoxy) is 1. The number of urea groups is 1. The first-order valence-corrected chi connectivity index (χ1v) is 9.93. The third-order valence-corrected chi connectivity index (χ3v) is 6.06. The molecule has 2 N–H and O–H groups in total. The van der Waals surface area contributed by atoms with Gasteiger partial charge < -0.3 is 15.2 Å². The Morgan fingerprint density at radius 3 is 2.79 bits per heavy atom. The highest BCUT2D eigenvalue weighted by Crippen LogP contribution is 2.38. The maximum Gasteiger partial charge on any atom is 0.325 e. The molecule has 2 fully saturated rings. The molecular formula is C22H26N2O4. The highest BCUT2D eigenvalue weighted by molar-refractivity contribution is 6.07. The Bertz CT molecular complexity index is 899. The van der Waals surface area contributed by atoms with Crippen LogP contribution in [0.15, 0.2) is 42.5 Å². The van der Waals surface area contributed by atoms with E-state index >= 15 is 0 Å². The summed E-state index contributed by atoms with van der Waals surface area (Å²) in [4.78, 5) is 26.5. The van der Waals surface area contributed by atoms with Crippen LogP contribution in [-0.4, -0.2) is 46.7 Å². The number of hydrogen-bond acceptors (Lipinski definition) is 4. The van der Waals surface area contributed by atoms with Gasteiger partial charge in [-0.05, 0) is 41.7 Å². The topological polar surface area (TPSA) is 78.9 Å². The van der Waals surface area contributed by atoms with E-state index in [-0.39, 0.29) is 25.0 Å². The fraction of sp³-hybridized carbons (Fsp3) is 0.455. The average molecular weight is 382 g/mol. The first kappa shape index (κ1) is 18.7. The SMILES string of the molecule is CC1CCCCC12NC(=O)N(CC(O)COc1ccc3ccccc3c1)C2=O. The molecule has 3 amide bonds. The molecule has 0 aromatic heterocycles. The van der Waals surface area contributed by atoms with Crippen LogP contribution in [0, 0.1) is 5.92 Å². The number of benzene rings is 2. The summed E-state index contributed by atoms with van der Waals surface area (Å²) in [6.07, 6.45) is 2.65. The minimum atomic E-state index is -0.949. The van der Waals surface area contributed by atoms with Crippen LogP contribution in [0.3, 0.4) is 0 Å². The first-order chi connectivity index (χ1) is 13.5. The summed E-state index contributed by atoms with van der Waals surface area (Å²) in [6, 6.07) is 13.3. The Hall–Kier alpha value is -2.60. The molecule has 3 atom stereocenters. The van der Waals surface area contributed by atoms with E-state index in [4.69, 9.17) is 4.74 Å². The van der Waals surface area contributed by atoms with Crippen molar-refractivity contribution in [3.63, 3.8) is 0 Å². The molecule has 28 heavy (non-hydrogen) atoms. The van der Waals surface area contributed by atoms with E-state index in [1.54, 1.807) is 0 Å². The minimum absolute atomic E-state index is 0.0119. The largest absolute Gasteiger partial charge is 0.491 e. The van der Waals surface area contributed by atoms with E-state index in [0.717, 1.165) is 34.9 Å². The third-order valence-electron chi connectivity index (χ3n) is 6.06. The van der Waals surface area contributed by atoms with Gasteiger partial charge in [-0.3, -0.25) is 9.69 Å². The van der Waals surface area contributed by atoms with Crippen molar-refractivity contribution in [2.75, 3.05) is 13.2 Å². The number of aliphatic hydroxyl groups excluding tert-OH is 1. The molecule has 2 aromatic rings. The second-order valence-electron chi connectivity index (χ2n) is 7.94. The van der Waals surface area contributed by atoms with Gasteiger partial charge in [-0.15, -0.1) is 0 Å². The van der Waals surface area contributed by atoms with Gasteiger partial charge >= 0.3 is 6.03 Å². The number of nitrogens with one attached hydrogen (secondary N) is 1. The van der Waals surface area contributed by atoms with Gasteiger partial charge in [-0.1, -0.05) is 50.1 Å².